The van der Waals surface area contributed by atoms with Gasteiger partial charge in [0.1, 0.15) is 0 Å². The van der Waals surface area contributed by atoms with Gasteiger partial charge >= 0.3 is 0 Å². The second kappa shape index (κ2) is 4.75. The number of nitrogens with one attached hydrogen (secondary N) is 1. The second-order valence-electron chi connectivity index (χ2n) is 5.79. The summed E-state index contributed by atoms with van der Waals surface area (Å²) in [7, 11) is 1.75. The third-order valence-corrected chi connectivity index (χ3v) is 3.27. The van der Waals surface area contributed by atoms with Crippen molar-refractivity contribution < 1.29 is 4.84 Å². The van der Waals surface area contributed by atoms with Gasteiger partial charge in [-0.2, -0.15) is 5.06 Å². The van der Waals surface area contributed by atoms with E-state index in [1.165, 1.54) is 0 Å². The van der Waals surface area contributed by atoms with E-state index in [1.807, 2.05) is 0 Å². The number of piperidine rings is 1. The van der Waals surface area contributed by atoms with Gasteiger partial charge in [-0.05, 0) is 40.5 Å². The highest BCUT2D eigenvalue weighted by Gasteiger charge is 2.45. The number of rotatable bonds is 3. The molecular weight excluding hydrogens is 200 g/mol. The summed E-state index contributed by atoms with van der Waals surface area (Å²) in [6.07, 6.45) is 7.38. The van der Waals surface area contributed by atoms with Crippen molar-refractivity contribution in [1.29, 1.82) is 0 Å². The number of hydroxylamine groups is 2. The molecule has 1 aliphatic heterocycles. The van der Waals surface area contributed by atoms with Crippen molar-refractivity contribution in [2.45, 2.75) is 57.7 Å². The summed E-state index contributed by atoms with van der Waals surface area (Å²) in [5, 5.41) is 5.51. The first-order chi connectivity index (χ1) is 7.33. The molecule has 1 saturated heterocycles. The smallest absolute Gasteiger partial charge is 0.0575 e. The largest absolute Gasteiger partial charge is 0.303 e. The molecule has 0 radical (unpaired) electrons. The van der Waals surface area contributed by atoms with Gasteiger partial charge in [0, 0.05) is 17.1 Å². The maximum atomic E-state index is 5.54. The van der Waals surface area contributed by atoms with E-state index < -0.39 is 0 Å². The van der Waals surface area contributed by atoms with Crippen LogP contribution in [0.15, 0.2) is 0 Å². The highest BCUT2D eigenvalue weighted by atomic mass is 16.7. The molecule has 0 aromatic heterocycles. The Bertz CT molecular complexity index is 260. The van der Waals surface area contributed by atoms with Gasteiger partial charge in [0.05, 0.1) is 13.7 Å². The van der Waals surface area contributed by atoms with Crippen molar-refractivity contribution in [3.8, 4) is 12.3 Å². The van der Waals surface area contributed by atoms with Gasteiger partial charge < -0.3 is 10.2 Å². The third-order valence-electron chi connectivity index (χ3n) is 3.27. The van der Waals surface area contributed by atoms with Crippen LogP contribution in [0.4, 0.5) is 0 Å². The number of hydrogen-bond donors (Lipinski definition) is 1. The molecule has 1 fully saturated rings. The Balaban J connectivity index is 2.77. The van der Waals surface area contributed by atoms with Crippen LogP contribution >= 0.6 is 0 Å². The molecule has 0 unspecified atom stereocenters. The van der Waals surface area contributed by atoms with Crippen LogP contribution in [0, 0.1) is 12.3 Å². The average molecular weight is 224 g/mol. The zero-order valence-electron chi connectivity index (χ0n) is 11.1. The lowest BCUT2D eigenvalue weighted by Gasteiger charge is -2.53. The molecule has 0 bridgehead atoms. The van der Waals surface area contributed by atoms with Crippen molar-refractivity contribution in [3.05, 3.63) is 0 Å². The first-order valence-corrected chi connectivity index (χ1v) is 5.85. The Kier molecular flexibility index (Phi) is 4.01. The van der Waals surface area contributed by atoms with Crippen LogP contribution < -0.4 is 5.32 Å². The summed E-state index contributed by atoms with van der Waals surface area (Å²) in [6, 6.07) is 0.465. The molecule has 0 aliphatic carbocycles. The highest BCUT2D eigenvalue weighted by Crippen LogP contribution is 2.38. The lowest BCUT2D eigenvalue weighted by molar-refractivity contribution is -0.267. The van der Waals surface area contributed by atoms with Crippen molar-refractivity contribution >= 4 is 0 Å². The van der Waals surface area contributed by atoms with Gasteiger partial charge in [-0.15, -0.1) is 6.42 Å². The minimum absolute atomic E-state index is 0.0305. The van der Waals surface area contributed by atoms with Crippen LogP contribution in [0.3, 0.4) is 0 Å². The summed E-state index contributed by atoms with van der Waals surface area (Å²) in [6.45, 7) is 9.48. The van der Waals surface area contributed by atoms with E-state index >= 15 is 0 Å². The zero-order valence-corrected chi connectivity index (χ0v) is 11.1. The summed E-state index contributed by atoms with van der Waals surface area (Å²) >= 11 is 0. The van der Waals surface area contributed by atoms with Crippen molar-refractivity contribution in [1.82, 2.24) is 10.4 Å². The molecule has 3 heteroatoms. The molecule has 3 nitrogen and oxygen atoms in total. The maximum absolute atomic E-state index is 5.54. The molecule has 16 heavy (non-hydrogen) atoms. The molecule has 0 aromatic carbocycles. The lowest BCUT2D eigenvalue weighted by atomic mass is 9.79. The molecule has 1 N–H and O–H groups in total. The fourth-order valence-corrected chi connectivity index (χ4v) is 3.11. The van der Waals surface area contributed by atoms with E-state index in [9.17, 15) is 0 Å². The normalized spacial score (nSPS) is 25.2. The minimum atomic E-state index is 0.0305. The fourth-order valence-electron chi connectivity index (χ4n) is 3.11. The lowest BCUT2D eigenvalue weighted by Crippen LogP contribution is -2.63. The Morgan fingerprint density at radius 1 is 1.31 bits per heavy atom. The first-order valence-electron chi connectivity index (χ1n) is 5.85. The number of hydrogen-bond acceptors (Lipinski definition) is 3. The van der Waals surface area contributed by atoms with E-state index in [1.54, 1.807) is 7.11 Å². The van der Waals surface area contributed by atoms with Crippen LogP contribution in [0.5, 0.6) is 0 Å². The fraction of sp³-hybridized carbons (Fsp3) is 0.846. The Labute approximate surface area is 99.5 Å². The van der Waals surface area contributed by atoms with Crippen molar-refractivity contribution in [2.24, 2.45) is 0 Å². The van der Waals surface area contributed by atoms with Gasteiger partial charge in [0.2, 0.25) is 0 Å². The monoisotopic (exact) mass is 224 g/mol. The Hall–Kier alpha value is -0.560. The van der Waals surface area contributed by atoms with Gasteiger partial charge in [-0.3, -0.25) is 0 Å². The summed E-state index contributed by atoms with van der Waals surface area (Å²) in [5.41, 5.74) is 0.0610. The minimum Gasteiger partial charge on any atom is -0.303 e. The van der Waals surface area contributed by atoms with Crippen molar-refractivity contribution in [2.75, 3.05) is 13.7 Å². The van der Waals surface area contributed by atoms with E-state index in [0.717, 1.165) is 12.8 Å². The molecule has 0 atom stereocenters. The van der Waals surface area contributed by atoms with Gasteiger partial charge in [-0.25, -0.2) is 0 Å². The molecule has 1 heterocycles. The van der Waals surface area contributed by atoms with Crippen LogP contribution in [-0.4, -0.2) is 35.8 Å². The molecule has 92 valence electrons. The Morgan fingerprint density at radius 3 is 2.19 bits per heavy atom. The Morgan fingerprint density at radius 2 is 1.81 bits per heavy atom. The third kappa shape index (κ3) is 2.76. The average Bonchev–Trinajstić information content (AvgIpc) is 2.11. The standard InChI is InChI=1S/C13H24N2O/c1-7-8-14-11-9-12(2,3)15(16-6)13(4,5)10-11/h1,11,14H,8-10H2,2-6H3. The second-order valence-corrected chi connectivity index (χ2v) is 5.79. The molecule has 1 rings (SSSR count). The van der Waals surface area contributed by atoms with Crippen LogP contribution in [0.1, 0.15) is 40.5 Å². The molecule has 0 saturated carbocycles. The molecule has 0 spiro atoms. The van der Waals surface area contributed by atoms with E-state index in [4.69, 9.17) is 11.3 Å². The van der Waals surface area contributed by atoms with Crippen LogP contribution in [-0.2, 0) is 4.84 Å². The van der Waals surface area contributed by atoms with Crippen molar-refractivity contribution in [3.63, 3.8) is 0 Å². The number of terminal acetylenes is 1. The molecule has 0 amide bonds. The van der Waals surface area contributed by atoms with E-state index in [2.05, 4.69) is 44.0 Å². The summed E-state index contributed by atoms with van der Waals surface area (Å²) < 4.78 is 0. The first kappa shape index (κ1) is 13.5. The number of nitrogens with zero attached hydrogens (tertiary/aromatic N) is 1. The van der Waals surface area contributed by atoms with Gasteiger partial charge in [0.15, 0.2) is 0 Å². The van der Waals surface area contributed by atoms with Gasteiger partial charge in [0.25, 0.3) is 0 Å². The van der Waals surface area contributed by atoms with Crippen LogP contribution in [0.2, 0.25) is 0 Å². The maximum Gasteiger partial charge on any atom is 0.0575 e. The SMILES string of the molecule is C#CCNC1CC(C)(C)N(OC)C(C)(C)C1. The highest BCUT2D eigenvalue weighted by molar-refractivity contribution is 5.00. The molecular formula is C13H24N2O. The van der Waals surface area contributed by atoms with Gasteiger partial charge in [-0.1, -0.05) is 5.92 Å². The zero-order chi connectivity index (χ0) is 12.4. The molecule has 0 aromatic rings. The van der Waals surface area contributed by atoms with E-state index in [-0.39, 0.29) is 11.1 Å². The summed E-state index contributed by atoms with van der Waals surface area (Å²) in [5.74, 6) is 2.64. The predicted molar refractivity (Wildman–Crippen MR) is 66.9 cm³/mol. The van der Waals surface area contributed by atoms with E-state index in [0.29, 0.717) is 12.6 Å². The quantitative estimate of drug-likeness (QED) is 0.740. The molecule has 1 aliphatic rings. The van der Waals surface area contributed by atoms with Crippen LogP contribution in [0.25, 0.3) is 0 Å². The predicted octanol–water partition coefficient (Wildman–Crippen LogP) is 1.79. The topological polar surface area (TPSA) is 24.5 Å². The summed E-state index contributed by atoms with van der Waals surface area (Å²) in [4.78, 5) is 5.54.